The minimum absolute atomic E-state index is 0.193. The molecule has 4 aromatic rings. The Bertz CT molecular complexity index is 1280. The summed E-state index contributed by atoms with van der Waals surface area (Å²) in [5, 5.41) is 5.69. The molecule has 0 aliphatic carbocycles. The number of fused-ring (bicyclic) bond motifs is 1. The van der Waals surface area contributed by atoms with Gasteiger partial charge in [0.25, 0.3) is 5.56 Å². The van der Waals surface area contributed by atoms with E-state index in [1.54, 1.807) is 24.0 Å². The van der Waals surface area contributed by atoms with E-state index in [0.29, 0.717) is 28.9 Å². The first kappa shape index (κ1) is 20.6. The Balaban J connectivity index is 1.64. The second-order valence-corrected chi connectivity index (χ2v) is 8.87. The highest BCUT2D eigenvalue weighted by Crippen LogP contribution is 2.29. The van der Waals surface area contributed by atoms with Crippen molar-refractivity contribution in [3.05, 3.63) is 86.6 Å². The molecule has 0 aliphatic heterocycles. The molecular weight excluding hydrogens is 462 g/mol. The van der Waals surface area contributed by atoms with Crippen LogP contribution in [0.1, 0.15) is 30.5 Å². The fraction of sp³-hybridized carbons (Fsp3) is 0.174. The summed E-state index contributed by atoms with van der Waals surface area (Å²) in [4.78, 5) is 18.8. The van der Waals surface area contributed by atoms with E-state index in [4.69, 9.17) is 4.42 Å². The van der Waals surface area contributed by atoms with Crippen LogP contribution in [0.15, 0.2) is 83.4 Å². The van der Waals surface area contributed by atoms with E-state index in [0.717, 1.165) is 20.9 Å². The molecular formula is C23H20BrN3O2S. The zero-order chi connectivity index (χ0) is 21.1. The maximum atomic E-state index is 13.0. The van der Waals surface area contributed by atoms with Gasteiger partial charge in [-0.15, -0.1) is 0 Å². The number of hydrogen-bond acceptors (Lipinski definition) is 5. The average molecular weight is 482 g/mol. The van der Waals surface area contributed by atoms with Gasteiger partial charge in [0.05, 0.1) is 17.1 Å². The van der Waals surface area contributed by atoms with Gasteiger partial charge in [0.1, 0.15) is 11.6 Å². The molecule has 0 atom stereocenters. The van der Waals surface area contributed by atoms with E-state index in [9.17, 15) is 4.79 Å². The highest BCUT2D eigenvalue weighted by molar-refractivity contribution is 9.10. The highest BCUT2D eigenvalue weighted by Gasteiger charge is 2.11. The molecule has 2 heterocycles. The van der Waals surface area contributed by atoms with Gasteiger partial charge in [0.2, 0.25) is 0 Å². The molecule has 2 aromatic heterocycles. The minimum atomic E-state index is -0.193. The summed E-state index contributed by atoms with van der Waals surface area (Å²) in [5.74, 6) is 1.21. The number of hydrogen-bond donors (Lipinski definition) is 0. The molecule has 7 heteroatoms. The predicted molar refractivity (Wildman–Crippen MR) is 125 cm³/mol. The molecule has 0 aliphatic rings. The van der Waals surface area contributed by atoms with Gasteiger partial charge in [0, 0.05) is 15.8 Å². The first-order chi connectivity index (χ1) is 14.5. The summed E-state index contributed by atoms with van der Waals surface area (Å²) in [6.45, 7) is 4.11. The van der Waals surface area contributed by atoms with Crippen LogP contribution in [-0.4, -0.2) is 15.9 Å². The van der Waals surface area contributed by atoms with Gasteiger partial charge in [-0.2, -0.15) is 9.78 Å². The summed E-state index contributed by atoms with van der Waals surface area (Å²) in [7, 11) is 0. The van der Waals surface area contributed by atoms with Gasteiger partial charge >= 0.3 is 0 Å². The standard InChI is InChI=1S/C23H20BrN3O2S/c1-3-4-21-26-20-11-7-16(24)13-19(20)23(28)27(21)25-14-17-8-12-22(29-17)30-18-9-5-15(2)6-10-18/h5-14H,3-4H2,1-2H3. The van der Waals surface area contributed by atoms with Crippen LogP contribution in [0.3, 0.4) is 0 Å². The lowest BCUT2D eigenvalue weighted by Gasteiger charge is -2.08. The molecule has 4 rings (SSSR count). The number of aryl methyl sites for hydroxylation is 2. The third-order valence-electron chi connectivity index (χ3n) is 4.49. The van der Waals surface area contributed by atoms with Crippen LogP contribution in [0, 0.1) is 6.92 Å². The molecule has 2 aromatic carbocycles. The maximum Gasteiger partial charge on any atom is 0.282 e. The lowest BCUT2D eigenvalue weighted by atomic mass is 10.2. The third-order valence-corrected chi connectivity index (χ3v) is 5.91. The Kier molecular flexibility index (Phi) is 6.20. The largest absolute Gasteiger partial charge is 0.448 e. The summed E-state index contributed by atoms with van der Waals surface area (Å²) >= 11 is 4.96. The van der Waals surface area contributed by atoms with Crippen molar-refractivity contribution < 1.29 is 4.42 Å². The third kappa shape index (κ3) is 4.57. The van der Waals surface area contributed by atoms with Crippen LogP contribution in [0.25, 0.3) is 10.9 Å². The lowest BCUT2D eigenvalue weighted by Crippen LogP contribution is -2.22. The molecule has 0 spiro atoms. The van der Waals surface area contributed by atoms with E-state index >= 15 is 0 Å². The van der Waals surface area contributed by atoms with E-state index in [1.165, 1.54) is 10.2 Å². The van der Waals surface area contributed by atoms with Crippen molar-refractivity contribution in [2.24, 2.45) is 5.10 Å². The SMILES string of the molecule is CCCc1nc2ccc(Br)cc2c(=O)n1N=Cc1ccc(Sc2ccc(C)cc2)o1. The van der Waals surface area contributed by atoms with Crippen molar-refractivity contribution in [2.75, 3.05) is 0 Å². The van der Waals surface area contributed by atoms with Crippen LogP contribution in [-0.2, 0) is 6.42 Å². The molecule has 0 radical (unpaired) electrons. The van der Waals surface area contributed by atoms with Crippen LogP contribution in [0.4, 0.5) is 0 Å². The van der Waals surface area contributed by atoms with Crippen LogP contribution >= 0.6 is 27.7 Å². The van der Waals surface area contributed by atoms with E-state index < -0.39 is 0 Å². The van der Waals surface area contributed by atoms with Gasteiger partial charge in [-0.25, -0.2) is 4.98 Å². The number of rotatable bonds is 6. The van der Waals surface area contributed by atoms with Gasteiger partial charge in [-0.1, -0.05) is 52.3 Å². The van der Waals surface area contributed by atoms with Gasteiger partial charge in [-0.3, -0.25) is 4.79 Å². The van der Waals surface area contributed by atoms with Gasteiger partial charge in [0.15, 0.2) is 5.09 Å². The molecule has 0 saturated heterocycles. The van der Waals surface area contributed by atoms with E-state index in [1.807, 2.05) is 31.2 Å². The van der Waals surface area contributed by atoms with Gasteiger partial charge < -0.3 is 4.42 Å². The Morgan fingerprint density at radius 3 is 2.73 bits per heavy atom. The quantitative estimate of drug-likeness (QED) is 0.314. The van der Waals surface area contributed by atoms with Crippen molar-refractivity contribution in [2.45, 2.75) is 36.7 Å². The molecule has 0 amide bonds. The number of aromatic nitrogens is 2. The zero-order valence-corrected chi connectivity index (χ0v) is 19.0. The number of benzene rings is 2. The number of nitrogens with zero attached hydrogens (tertiary/aromatic N) is 3. The van der Waals surface area contributed by atoms with Crippen molar-refractivity contribution in [3.63, 3.8) is 0 Å². The Morgan fingerprint density at radius 1 is 1.17 bits per heavy atom. The summed E-state index contributed by atoms with van der Waals surface area (Å²) in [6, 6.07) is 17.5. The molecule has 0 bridgehead atoms. The average Bonchev–Trinajstić information content (AvgIpc) is 3.17. The van der Waals surface area contributed by atoms with Crippen molar-refractivity contribution in [1.82, 2.24) is 9.66 Å². The van der Waals surface area contributed by atoms with Crippen molar-refractivity contribution in [1.29, 1.82) is 0 Å². The van der Waals surface area contributed by atoms with Crippen LogP contribution in [0.2, 0.25) is 0 Å². The first-order valence-corrected chi connectivity index (χ1v) is 11.2. The lowest BCUT2D eigenvalue weighted by molar-refractivity contribution is 0.468. The monoisotopic (exact) mass is 481 g/mol. The smallest absolute Gasteiger partial charge is 0.282 e. The Labute approximate surface area is 187 Å². The van der Waals surface area contributed by atoms with Crippen LogP contribution < -0.4 is 5.56 Å². The zero-order valence-electron chi connectivity index (χ0n) is 16.6. The molecule has 152 valence electrons. The fourth-order valence-electron chi connectivity index (χ4n) is 2.99. The molecule has 0 fully saturated rings. The van der Waals surface area contributed by atoms with Crippen molar-refractivity contribution in [3.8, 4) is 0 Å². The van der Waals surface area contributed by atoms with Crippen LogP contribution in [0.5, 0.6) is 0 Å². The topological polar surface area (TPSA) is 60.4 Å². The number of halogens is 1. The molecule has 0 N–H and O–H groups in total. The fourth-order valence-corrected chi connectivity index (χ4v) is 4.13. The van der Waals surface area contributed by atoms with E-state index in [-0.39, 0.29) is 5.56 Å². The highest BCUT2D eigenvalue weighted by atomic mass is 79.9. The Hall–Kier alpha value is -2.64. The van der Waals surface area contributed by atoms with Gasteiger partial charge in [-0.05, 0) is 55.8 Å². The number of furan rings is 1. The second kappa shape index (κ2) is 9.02. The summed E-state index contributed by atoms with van der Waals surface area (Å²) in [6.07, 6.45) is 3.08. The molecule has 5 nitrogen and oxygen atoms in total. The minimum Gasteiger partial charge on any atom is -0.448 e. The summed E-state index contributed by atoms with van der Waals surface area (Å²) in [5.41, 5.74) is 1.70. The van der Waals surface area contributed by atoms with E-state index in [2.05, 4.69) is 57.2 Å². The Morgan fingerprint density at radius 2 is 1.97 bits per heavy atom. The molecule has 0 saturated carbocycles. The molecule has 30 heavy (non-hydrogen) atoms. The first-order valence-electron chi connectivity index (χ1n) is 9.63. The normalized spacial score (nSPS) is 11.6. The maximum absolute atomic E-state index is 13.0. The second-order valence-electron chi connectivity index (χ2n) is 6.87. The predicted octanol–water partition coefficient (Wildman–Crippen LogP) is 6.05. The molecule has 0 unspecified atom stereocenters. The summed E-state index contributed by atoms with van der Waals surface area (Å²) < 4.78 is 8.05. The van der Waals surface area contributed by atoms with Crippen molar-refractivity contribution >= 4 is 44.8 Å².